The zero-order valence-corrected chi connectivity index (χ0v) is 41.2. The van der Waals surface area contributed by atoms with E-state index in [0.29, 0.717) is 32.4 Å². The van der Waals surface area contributed by atoms with Gasteiger partial charge in [0, 0.05) is 33.0 Å². The molecule has 9 nitrogen and oxygen atoms in total. The predicted molar refractivity (Wildman–Crippen MR) is 258 cm³/mol. The number of unbranched alkanes of at least 4 members (excludes halogenated alkanes) is 24. The molecule has 0 heterocycles. The minimum Gasteiger partial charge on any atom is -0.462 e. The summed E-state index contributed by atoms with van der Waals surface area (Å²) in [5.41, 5.74) is 0. The summed E-state index contributed by atoms with van der Waals surface area (Å²) < 4.78 is 11.9. The number of hydrogen-bond acceptors (Lipinski definition) is 7. The molecule has 0 saturated carbocycles. The Bertz CT molecular complexity index is 951. The second-order valence-corrected chi connectivity index (χ2v) is 18.3. The van der Waals surface area contributed by atoms with E-state index in [9.17, 15) is 19.5 Å². The third kappa shape index (κ3) is 41.9. The molecule has 2 unspecified atom stereocenters. The molecule has 9 heteroatoms. The van der Waals surface area contributed by atoms with Gasteiger partial charge in [0.2, 0.25) is 0 Å². The van der Waals surface area contributed by atoms with Crippen molar-refractivity contribution >= 4 is 18.0 Å². The van der Waals surface area contributed by atoms with Crippen LogP contribution in [0, 0.1) is 0 Å². The van der Waals surface area contributed by atoms with Crippen LogP contribution in [-0.4, -0.2) is 79.5 Å². The van der Waals surface area contributed by atoms with Crippen LogP contribution in [0.1, 0.15) is 265 Å². The summed E-state index contributed by atoms with van der Waals surface area (Å²) in [5.74, 6) is -0.0669. The van der Waals surface area contributed by atoms with E-state index in [4.69, 9.17) is 9.47 Å². The SMILES string of the molecule is CCCCCCCCCCC(CC)OC(=O)CCCCCN(CCCCCCCC(=O)OC(CCCCCCCC)CCCCCCCC)CC(O)CCCCNC(=O)NC. The largest absolute Gasteiger partial charge is 0.462 e. The number of aliphatic hydroxyl groups is 1. The van der Waals surface area contributed by atoms with Crippen LogP contribution in [0.3, 0.4) is 0 Å². The van der Waals surface area contributed by atoms with E-state index in [1.54, 1.807) is 7.05 Å². The van der Waals surface area contributed by atoms with Crippen LogP contribution in [0.5, 0.6) is 0 Å². The molecule has 0 radical (unpaired) electrons. The van der Waals surface area contributed by atoms with E-state index in [1.807, 2.05) is 0 Å². The van der Waals surface area contributed by atoms with Crippen molar-refractivity contribution in [3.63, 3.8) is 0 Å². The first-order chi connectivity index (χ1) is 29.8. The van der Waals surface area contributed by atoms with Crippen molar-refractivity contribution < 1.29 is 29.0 Å². The summed E-state index contributed by atoms with van der Waals surface area (Å²) >= 11 is 0. The lowest BCUT2D eigenvalue weighted by molar-refractivity contribution is -0.150. The normalized spacial score (nSPS) is 12.5. The van der Waals surface area contributed by atoms with Crippen LogP contribution < -0.4 is 10.6 Å². The molecule has 61 heavy (non-hydrogen) atoms. The maximum Gasteiger partial charge on any atom is 0.314 e. The minimum atomic E-state index is -0.404. The Kier molecular flexibility index (Phi) is 44.7. The third-order valence-corrected chi connectivity index (χ3v) is 12.3. The minimum absolute atomic E-state index is 0.0104. The molecule has 0 aromatic carbocycles. The lowest BCUT2D eigenvalue weighted by atomic mass is 10.0. The Morgan fingerprint density at radius 2 is 0.852 bits per heavy atom. The fourth-order valence-electron chi connectivity index (χ4n) is 8.30. The first-order valence-corrected chi connectivity index (χ1v) is 26.5. The topological polar surface area (TPSA) is 117 Å². The van der Waals surface area contributed by atoms with E-state index in [2.05, 4.69) is 43.2 Å². The van der Waals surface area contributed by atoms with Crippen LogP contribution >= 0.6 is 0 Å². The number of hydrogen-bond donors (Lipinski definition) is 3. The highest BCUT2D eigenvalue weighted by atomic mass is 16.5. The quantitative estimate of drug-likeness (QED) is 0.0412. The average molecular weight is 866 g/mol. The lowest BCUT2D eigenvalue weighted by Crippen LogP contribution is -2.35. The smallest absolute Gasteiger partial charge is 0.314 e. The molecule has 0 bridgehead atoms. The molecule has 0 saturated heterocycles. The number of nitrogens with zero attached hydrogens (tertiary/aromatic N) is 1. The number of ether oxygens (including phenoxy) is 2. The summed E-state index contributed by atoms with van der Waals surface area (Å²) in [4.78, 5) is 39.4. The summed E-state index contributed by atoms with van der Waals surface area (Å²) in [5, 5.41) is 16.3. The van der Waals surface area contributed by atoms with Crippen molar-refractivity contribution in [2.45, 2.75) is 284 Å². The molecular weight excluding hydrogens is 763 g/mol. The van der Waals surface area contributed by atoms with Gasteiger partial charge in [0.1, 0.15) is 12.2 Å². The van der Waals surface area contributed by atoms with Crippen molar-refractivity contribution in [3.05, 3.63) is 0 Å². The summed E-state index contributed by atoms with van der Waals surface area (Å²) in [6.07, 6.45) is 40.5. The standard InChI is InChI=1S/C52H103N3O6/c1-6-10-13-16-19-20-24-28-38-48(9-4)60-50(57)42-32-27-36-45-55(46-47(56)37-33-34-43-54-52(59)53-5)44-35-26-21-25-31-41-51(58)61-49(39-29-22-17-14-11-7-2)40-30-23-18-15-12-8-3/h47-49,56H,6-46H2,1-5H3,(H2,53,54,59). The van der Waals surface area contributed by atoms with E-state index >= 15 is 0 Å². The van der Waals surface area contributed by atoms with Crippen LogP contribution in [0.4, 0.5) is 4.79 Å². The molecular formula is C52H103N3O6. The van der Waals surface area contributed by atoms with Gasteiger partial charge in [0.05, 0.1) is 6.10 Å². The van der Waals surface area contributed by atoms with Crippen molar-refractivity contribution in [2.24, 2.45) is 0 Å². The summed E-state index contributed by atoms with van der Waals surface area (Å²) in [7, 11) is 1.61. The molecule has 0 aromatic rings. The Labute approximate surface area is 378 Å². The number of urea groups is 1. The van der Waals surface area contributed by atoms with Crippen LogP contribution in [0.25, 0.3) is 0 Å². The molecule has 0 rings (SSSR count). The number of carbonyl (C=O) groups excluding carboxylic acids is 3. The lowest BCUT2D eigenvalue weighted by Gasteiger charge is -2.25. The Morgan fingerprint density at radius 1 is 0.475 bits per heavy atom. The van der Waals surface area contributed by atoms with Gasteiger partial charge in [-0.3, -0.25) is 9.59 Å². The molecule has 2 atom stereocenters. The van der Waals surface area contributed by atoms with Crippen molar-refractivity contribution in [2.75, 3.05) is 33.2 Å². The Hall–Kier alpha value is -1.87. The maximum absolute atomic E-state index is 12.9. The monoisotopic (exact) mass is 866 g/mol. The number of nitrogens with one attached hydrogen (secondary N) is 2. The second-order valence-electron chi connectivity index (χ2n) is 18.3. The molecule has 0 aliphatic rings. The van der Waals surface area contributed by atoms with Crippen LogP contribution in [0.2, 0.25) is 0 Å². The molecule has 362 valence electrons. The van der Waals surface area contributed by atoms with E-state index in [-0.39, 0.29) is 30.2 Å². The highest BCUT2D eigenvalue weighted by Gasteiger charge is 2.16. The maximum atomic E-state index is 12.9. The number of carbonyl (C=O) groups is 3. The molecule has 0 aliphatic heterocycles. The second kappa shape index (κ2) is 46.1. The van der Waals surface area contributed by atoms with E-state index in [0.717, 1.165) is 122 Å². The first kappa shape index (κ1) is 59.1. The zero-order valence-electron chi connectivity index (χ0n) is 41.2. The van der Waals surface area contributed by atoms with Gasteiger partial charge in [-0.2, -0.15) is 0 Å². The van der Waals surface area contributed by atoms with Gasteiger partial charge in [-0.15, -0.1) is 0 Å². The van der Waals surface area contributed by atoms with Gasteiger partial charge >= 0.3 is 18.0 Å². The predicted octanol–water partition coefficient (Wildman–Crippen LogP) is 13.9. The fraction of sp³-hybridized carbons (Fsp3) is 0.942. The van der Waals surface area contributed by atoms with Gasteiger partial charge in [-0.25, -0.2) is 4.79 Å². The molecule has 0 aromatic heterocycles. The average Bonchev–Trinajstić information content (AvgIpc) is 3.25. The van der Waals surface area contributed by atoms with Gasteiger partial charge < -0.3 is 30.1 Å². The van der Waals surface area contributed by atoms with Crippen molar-refractivity contribution in [3.8, 4) is 0 Å². The van der Waals surface area contributed by atoms with Crippen LogP contribution in [0.15, 0.2) is 0 Å². The summed E-state index contributed by atoms with van der Waals surface area (Å²) in [6, 6.07) is -0.171. The van der Waals surface area contributed by atoms with Crippen molar-refractivity contribution in [1.29, 1.82) is 0 Å². The van der Waals surface area contributed by atoms with Gasteiger partial charge in [-0.1, -0.05) is 163 Å². The zero-order chi connectivity index (χ0) is 44.9. The van der Waals surface area contributed by atoms with Gasteiger partial charge in [0.15, 0.2) is 0 Å². The Morgan fingerprint density at radius 3 is 1.31 bits per heavy atom. The molecule has 0 spiro atoms. The highest BCUT2D eigenvalue weighted by Crippen LogP contribution is 2.19. The molecule has 0 fully saturated rings. The number of aliphatic hydroxyl groups excluding tert-OH is 1. The summed E-state index contributed by atoms with van der Waals surface area (Å²) in [6.45, 7) is 12.0. The van der Waals surface area contributed by atoms with Crippen molar-refractivity contribution in [1.82, 2.24) is 15.5 Å². The van der Waals surface area contributed by atoms with Gasteiger partial charge in [-0.05, 0) is 103 Å². The Balaban J connectivity index is 4.65. The number of rotatable bonds is 47. The fourth-order valence-corrected chi connectivity index (χ4v) is 8.30. The number of amides is 2. The first-order valence-electron chi connectivity index (χ1n) is 26.5. The third-order valence-electron chi connectivity index (χ3n) is 12.3. The van der Waals surface area contributed by atoms with E-state index < -0.39 is 6.10 Å². The van der Waals surface area contributed by atoms with Gasteiger partial charge in [0.25, 0.3) is 0 Å². The molecule has 0 aliphatic carbocycles. The molecule has 2 amide bonds. The molecule has 3 N–H and O–H groups in total. The van der Waals surface area contributed by atoms with Crippen LogP contribution in [-0.2, 0) is 19.1 Å². The highest BCUT2D eigenvalue weighted by molar-refractivity contribution is 5.73. The number of esters is 2. The van der Waals surface area contributed by atoms with E-state index in [1.165, 1.54) is 109 Å².